The predicted molar refractivity (Wildman–Crippen MR) is 73.6 cm³/mol. The van der Waals surface area contributed by atoms with Crippen molar-refractivity contribution < 1.29 is 14.4 Å². The number of imide groups is 1. The second-order valence-corrected chi connectivity index (χ2v) is 6.19. The van der Waals surface area contributed by atoms with E-state index >= 15 is 0 Å². The number of amides is 2. The van der Waals surface area contributed by atoms with Gasteiger partial charge in [0.2, 0.25) is 11.8 Å². The maximum absolute atomic E-state index is 12.1. The molecule has 19 heavy (non-hydrogen) atoms. The minimum atomic E-state index is -0.700. The highest BCUT2D eigenvalue weighted by Crippen LogP contribution is 2.31. The van der Waals surface area contributed by atoms with Gasteiger partial charge in [-0.2, -0.15) is 0 Å². The normalized spacial score (nSPS) is 17.9. The summed E-state index contributed by atoms with van der Waals surface area (Å²) in [5.41, 5.74) is -0.214. The topological polar surface area (TPSA) is 54.5 Å². The minimum absolute atomic E-state index is 0.164. The molecule has 1 saturated heterocycles. The molecule has 0 spiro atoms. The maximum atomic E-state index is 12.1. The van der Waals surface area contributed by atoms with Gasteiger partial charge in [0.05, 0.1) is 12.0 Å². The lowest BCUT2D eigenvalue weighted by atomic mass is 9.92. The third-order valence-corrected chi connectivity index (χ3v) is 3.66. The van der Waals surface area contributed by atoms with Crippen LogP contribution in [0.15, 0.2) is 28.7 Å². The molecule has 0 bridgehead atoms. The van der Waals surface area contributed by atoms with Gasteiger partial charge < -0.3 is 0 Å². The number of likely N-dealkylation sites (tertiary alicyclic amines) is 1. The summed E-state index contributed by atoms with van der Waals surface area (Å²) in [4.78, 5) is 36.9. The zero-order valence-corrected chi connectivity index (χ0v) is 12.4. The van der Waals surface area contributed by atoms with Crippen molar-refractivity contribution in [3.63, 3.8) is 0 Å². The number of nitrogens with zero attached hydrogens (tertiary/aromatic N) is 1. The van der Waals surface area contributed by atoms with Gasteiger partial charge in [0, 0.05) is 16.5 Å². The molecule has 1 aliphatic heterocycles. The Labute approximate surface area is 119 Å². The Hall–Kier alpha value is -1.49. The molecule has 1 fully saturated rings. The smallest absolute Gasteiger partial charge is 0.235 e. The van der Waals surface area contributed by atoms with Crippen molar-refractivity contribution >= 4 is 33.5 Å². The molecule has 1 aliphatic rings. The first-order valence-corrected chi connectivity index (χ1v) is 6.74. The Morgan fingerprint density at radius 3 is 2.58 bits per heavy atom. The van der Waals surface area contributed by atoms with Crippen molar-refractivity contribution in [2.24, 2.45) is 5.41 Å². The van der Waals surface area contributed by atoms with Crippen LogP contribution in [0.1, 0.15) is 30.6 Å². The third-order valence-electron chi connectivity index (χ3n) is 3.17. The molecule has 2 amide bonds. The van der Waals surface area contributed by atoms with E-state index in [-0.39, 0.29) is 30.6 Å². The predicted octanol–water partition coefficient (Wildman–Crippen LogP) is 2.42. The number of carbonyl (C=O) groups excluding carboxylic acids is 3. The van der Waals surface area contributed by atoms with E-state index in [9.17, 15) is 14.4 Å². The molecule has 1 aromatic carbocycles. The summed E-state index contributed by atoms with van der Waals surface area (Å²) in [5, 5.41) is 0. The summed E-state index contributed by atoms with van der Waals surface area (Å²) in [7, 11) is 0. The second-order valence-electron chi connectivity index (χ2n) is 5.28. The molecule has 0 N–H and O–H groups in total. The molecule has 0 atom stereocenters. The van der Waals surface area contributed by atoms with Gasteiger partial charge in [-0.1, -0.05) is 41.9 Å². The lowest BCUT2D eigenvalue weighted by molar-refractivity contribution is -0.140. The van der Waals surface area contributed by atoms with Crippen molar-refractivity contribution in [1.29, 1.82) is 0 Å². The Kier molecular flexibility index (Phi) is 3.58. The van der Waals surface area contributed by atoms with E-state index in [1.807, 2.05) is 6.07 Å². The largest absolute Gasteiger partial charge is 0.292 e. The van der Waals surface area contributed by atoms with Gasteiger partial charge in [-0.3, -0.25) is 19.3 Å². The molecule has 0 radical (unpaired) electrons. The van der Waals surface area contributed by atoms with Crippen LogP contribution in [-0.4, -0.2) is 29.0 Å². The first-order valence-electron chi connectivity index (χ1n) is 5.95. The number of carbonyl (C=O) groups is 3. The Bertz CT molecular complexity index is 566. The van der Waals surface area contributed by atoms with Gasteiger partial charge in [-0.15, -0.1) is 0 Å². The van der Waals surface area contributed by atoms with E-state index in [2.05, 4.69) is 15.9 Å². The fourth-order valence-electron chi connectivity index (χ4n) is 2.08. The lowest BCUT2D eigenvalue weighted by Gasteiger charge is -2.17. The molecular formula is C14H14BrNO3. The molecule has 5 heteroatoms. The third kappa shape index (κ3) is 2.76. The molecule has 2 rings (SSSR count). The second kappa shape index (κ2) is 4.89. The molecule has 4 nitrogen and oxygen atoms in total. The lowest BCUT2D eigenvalue weighted by Crippen LogP contribution is -2.37. The van der Waals surface area contributed by atoms with Gasteiger partial charge in [0.15, 0.2) is 5.78 Å². The molecule has 100 valence electrons. The molecule has 0 aromatic heterocycles. The van der Waals surface area contributed by atoms with Crippen LogP contribution >= 0.6 is 15.9 Å². The van der Waals surface area contributed by atoms with Crippen molar-refractivity contribution in [2.45, 2.75) is 20.3 Å². The molecule has 1 aromatic rings. The van der Waals surface area contributed by atoms with Crippen molar-refractivity contribution in [3.05, 3.63) is 34.3 Å². The fourth-order valence-corrected chi connectivity index (χ4v) is 2.48. The van der Waals surface area contributed by atoms with Crippen molar-refractivity contribution in [1.82, 2.24) is 4.90 Å². The summed E-state index contributed by atoms with van der Waals surface area (Å²) in [6, 6.07) is 6.91. The summed E-state index contributed by atoms with van der Waals surface area (Å²) in [6.45, 7) is 3.26. The van der Waals surface area contributed by atoms with E-state index in [0.717, 1.165) is 9.37 Å². The number of halogens is 1. The summed E-state index contributed by atoms with van der Waals surface area (Å²) in [5.74, 6) is -0.792. The first kappa shape index (κ1) is 13.9. The average Bonchev–Trinajstić information content (AvgIpc) is 2.51. The van der Waals surface area contributed by atoms with Gasteiger partial charge in [-0.05, 0) is 12.1 Å². The number of rotatable bonds is 3. The maximum Gasteiger partial charge on any atom is 0.235 e. The van der Waals surface area contributed by atoms with E-state index < -0.39 is 5.41 Å². The summed E-state index contributed by atoms with van der Waals surface area (Å²) in [6.07, 6.45) is 0.164. The van der Waals surface area contributed by atoms with Crippen LogP contribution in [0, 0.1) is 5.41 Å². The van der Waals surface area contributed by atoms with Crippen LogP contribution in [0.2, 0.25) is 0 Å². The number of benzene rings is 1. The molecule has 0 aliphatic carbocycles. The Morgan fingerprint density at radius 1 is 1.37 bits per heavy atom. The molecule has 1 heterocycles. The molecular weight excluding hydrogens is 310 g/mol. The zero-order chi connectivity index (χ0) is 14.2. The standard InChI is InChI=1S/C14H14BrNO3/c1-14(2)7-12(18)16(13(14)19)8-11(17)9-4-3-5-10(15)6-9/h3-6H,7-8H2,1-2H3. The average molecular weight is 324 g/mol. The van der Waals surface area contributed by atoms with E-state index in [1.54, 1.807) is 32.0 Å². The fraction of sp³-hybridized carbons (Fsp3) is 0.357. The van der Waals surface area contributed by atoms with E-state index in [4.69, 9.17) is 0 Å². The quantitative estimate of drug-likeness (QED) is 0.634. The number of hydrogen-bond donors (Lipinski definition) is 0. The van der Waals surface area contributed by atoms with Crippen LogP contribution in [0.5, 0.6) is 0 Å². The number of Topliss-reactive ketones (excluding diaryl/α,β-unsaturated/α-hetero) is 1. The van der Waals surface area contributed by atoms with Gasteiger partial charge in [0.1, 0.15) is 0 Å². The van der Waals surface area contributed by atoms with Crippen LogP contribution in [-0.2, 0) is 9.59 Å². The first-order chi connectivity index (χ1) is 8.81. The highest BCUT2D eigenvalue weighted by molar-refractivity contribution is 9.10. The van der Waals surface area contributed by atoms with Gasteiger partial charge in [-0.25, -0.2) is 0 Å². The monoisotopic (exact) mass is 323 g/mol. The van der Waals surface area contributed by atoms with Crippen LogP contribution in [0.4, 0.5) is 0 Å². The summed E-state index contributed by atoms with van der Waals surface area (Å²) >= 11 is 3.29. The van der Waals surface area contributed by atoms with Gasteiger partial charge in [0.25, 0.3) is 0 Å². The zero-order valence-electron chi connectivity index (χ0n) is 10.8. The van der Waals surface area contributed by atoms with Crippen LogP contribution in [0.25, 0.3) is 0 Å². The number of hydrogen-bond acceptors (Lipinski definition) is 3. The molecule has 0 unspecified atom stereocenters. The van der Waals surface area contributed by atoms with E-state index in [1.165, 1.54) is 0 Å². The van der Waals surface area contributed by atoms with Crippen molar-refractivity contribution in [2.75, 3.05) is 6.54 Å². The number of ketones is 1. The van der Waals surface area contributed by atoms with Crippen LogP contribution in [0.3, 0.4) is 0 Å². The molecule has 0 saturated carbocycles. The highest BCUT2D eigenvalue weighted by atomic mass is 79.9. The SMILES string of the molecule is CC1(C)CC(=O)N(CC(=O)c2cccc(Br)c2)C1=O. The summed E-state index contributed by atoms with van der Waals surface area (Å²) < 4.78 is 0.790. The van der Waals surface area contributed by atoms with Crippen molar-refractivity contribution in [3.8, 4) is 0 Å². The highest BCUT2D eigenvalue weighted by Gasteiger charge is 2.45. The van der Waals surface area contributed by atoms with E-state index in [0.29, 0.717) is 5.56 Å². The Balaban J connectivity index is 2.16. The minimum Gasteiger partial charge on any atom is -0.292 e. The van der Waals surface area contributed by atoms with Gasteiger partial charge >= 0.3 is 0 Å². The Morgan fingerprint density at radius 2 is 2.05 bits per heavy atom. The van der Waals surface area contributed by atoms with Crippen LogP contribution < -0.4 is 0 Å².